The molecule has 120 valence electrons. The number of hydrogen-bond donors (Lipinski definition) is 0. The third kappa shape index (κ3) is 5.25. The van der Waals surface area contributed by atoms with Gasteiger partial charge >= 0.3 is 5.97 Å². The summed E-state index contributed by atoms with van der Waals surface area (Å²) in [6.45, 7) is 3.36. The SMILES string of the molecule is CCCC(=O)N1CCC(OC(=O)/C=C\c2ccc(Br)s2)CC1. The van der Waals surface area contributed by atoms with Crippen LogP contribution in [-0.4, -0.2) is 36.0 Å². The summed E-state index contributed by atoms with van der Waals surface area (Å²) in [5.74, 6) is -0.113. The fraction of sp³-hybridized carbons (Fsp3) is 0.500. The Morgan fingerprint density at radius 3 is 2.73 bits per heavy atom. The third-order valence-corrected chi connectivity index (χ3v) is 5.11. The van der Waals surface area contributed by atoms with Crippen molar-refractivity contribution in [1.82, 2.24) is 4.90 Å². The van der Waals surface area contributed by atoms with Crippen LogP contribution in [-0.2, 0) is 14.3 Å². The molecular formula is C16H20BrNO3S. The Morgan fingerprint density at radius 1 is 1.41 bits per heavy atom. The van der Waals surface area contributed by atoms with E-state index < -0.39 is 0 Å². The minimum atomic E-state index is -0.317. The van der Waals surface area contributed by atoms with Crippen LogP contribution in [0.4, 0.5) is 0 Å². The Kier molecular flexibility index (Phi) is 6.64. The number of halogens is 1. The zero-order chi connectivity index (χ0) is 15.9. The van der Waals surface area contributed by atoms with Gasteiger partial charge in [-0.2, -0.15) is 0 Å². The molecule has 0 bridgehead atoms. The maximum Gasteiger partial charge on any atom is 0.331 e. The van der Waals surface area contributed by atoms with Crippen molar-refractivity contribution in [3.8, 4) is 0 Å². The van der Waals surface area contributed by atoms with Gasteiger partial charge in [-0.15, -0.1) is 11.3 Å². The highest BCUT2D eigenvalue weighted by atomic mass is 79.9. The van der Waals surface area contributed by atoms with Gasteiger partial charge in [0.1, 0.15) is 6.10 Å². The fourth-order valence-corrected chi connectivity index (χ4v) is 3.69. The van der Waals surface area contributed by atoms with Crippen molar-refractivity contribution >= 4 is 45.2 Å². The van der Waals surface area contributed by atoms with E-state index in [9.17, 15) is 9.59 Å². The largest absolute Gasteiger partial charge is 0.459 e. The monoisotopic (exact) mass is 385 g/mol. The van der Waals surface area contributed by atoms with Gasteiger partial charge < -0.3 is 9.64 Å². The summed E-state index contributed by atoms with van der Waals surface area (Å²) in [6, 6.07) is 3.88. The average molecular weight is 386 g/mol. The normalized spacial score (nSPS) is 16.2. The molecule has 0 radical (unpaired) electrons. The predicted molar refractivity (Wildman–Crippen MR) is 91.7 cm³/mol. The lowest BCUT2D eigenvalue weighted by Crippen LogP contribution is -2.41. The predicted octanol–water partition coefficient (Wildman–Crippen LogP) is 3.86. The number of esters is 1. The standard InChI is InChI=1S/C16H20BrNO3S/c1-2-3-15(19)18-10-8-12(9-11-18)21-16(20)7-5-13-4-6-14(17)22-13/h4-7,12H,2-3,8-11H2,1H3/b7-5-. The maximum atomic E-state index is 11.8. The van der Waals surface area contributed by atoms with E-state index in [0.717, 1.165) is 27.9 Å². The highest BCUT2D eigenvalue weighted by molar-refractivity contribution is 9.11. The van der Waals surface area contributed by atoms with Crippen LogP contribution >= 0.6 is 27.3 Å². The Bertz CT molecular complexity index is 547. The van der Waals surface area contributed by atoms with Crippen LogP contribution in [0.15, 0.2) is 22.0 Å². The van der Waals surface area contributed by atoms with Crippen LogP contribution in [0, 0.1) is 0 Å². The topological polar surface area (TPSA) is 46.6 Å². The number of rotatable bonds is 5. The second kappa shape index (κ2) is 8.48. The van der Waals surface area contributed by atoms with Gasteiger partial charge in [-0.1, -0.05) is 6.92 Å². The summed E-state index contributed by atoms with van der Waals surface area (Å²) in [5, 5.41) is 0. The van der Waals surface area contributed by atoms with E-state index in [1.807, 2.05) is 24.0 Å². The number of hydrogen-bond acceptors (Lipinski definition) is 4. The molecule has 1 fully saturated rings. The molecule has 1 aliphatic rings. The molecular weight excluding hydrogens is 366 g/mol. The van der Waals surface area contributed by atoms with Gasteiger partial charge in [0.05, 0.1) is 3.79 Å². The van der Waals surface area contributed by atoms with E-state index in [-0.39, 0.29) is 18.0 Å². The molecule has 4 nitrogen and oxygen atoms in total. The highest BCUT2D eigenvalue weighted by Crippen LogP contribution is 2.23. The Morgan fingerprint density at radius 2 is 2.14 bits per heavy atom. The van der Waals surface area contributed by atoms with Crippen molar-refractivity contribution in [3.05, 3.63) is 26.9 Å². The number of piperidine rings is 1. The molecule has 22 heavy (non-hydrogen) atoms. The molecule has 1 aromatic heterocycles. The lowest BCUT2D eigenvalue weighted by atomic mass is 10.1. The molecule has 6 heteroatoms. The number of nitrogens with zero attached hydrogens (tertiary/aromatic N) is 1. The van der Waals surface area contributed by atoms with E-state index in [1.54, 1.807) is 17.4 Å². The van der Waals surface area contributed by atoms with Crippen LogP contribution in [0.25, 0.3) is 6.08 Å². The van der Waals surface area contributed by atoms with Crippen LogP contribution in [0.2, 0.25) is 0 Å². The summed E-state index contributed by atoms with van der Waals surface area (Å²) >= 11 is 4.95. The molecule has 0 aliphatic carbocycles. The molecule has 1 aliphatic heterocycles. The molecule has 0 spiro atoms. The summed E-state index contributed by atoms with van der Waals surface area (Å²) in [5.41, 5.74) is 0. The van der Waals surface area contributed by atoms with Crippen molar-refractivity contribution in [1.29, 1.82) is 0 Å². The number of likely N-dealkylation sites (tertiary alicyclic amines) is 1. The van der Waals surface area contributed by atoms with E-state index >= 15 is 0 Å². The zero-order valence-electron chi connectivity index (χ0n) is 12.6. The Balaban J connectivity index is 1.74. The molecule has 0 atom stereocenters. The molecule has 2 heterocycles. The molecule has 0 saturated carbocycles. The van der Waals surface area contributed by atoms with Crippen LogP contribution in [0.5, 0.6) is 0 Å². The quantitative estimate of drug-likeness (QED) is 0.570. The van der Waals surface area contributed by atoms with E-state index in [0.29, 0.717) is 19.5 Å². The van der Waals surface area contributed by atoms with Crippen LogP contribution in [0.3, 0.4) is 0 Å². The van der Waals surface area contributed by atoms with E-state index in [1.165, 1.54) is 6.08 Å². The summed E-state index contributed by atoms with van der Waals surface area (Å²) in [4.78, 5) is 26.5. The minimum absolute atomic E-state index is 0.0853. The number of carbonyl (C=O) groups excluding carboxylic acids is 2. The molecule has 1 amide bonds. The Hall–Kier alpha value is -1.14. The Labute approximate surface area is 143 Å². The van der Waals surface area contributed by atoms with Crippen molar-refractivity contribution in [3.63, 3.8) is 0 Å². The number of thiophene rings is 1. The zero-order valence-corrected chi connectivity index (χ0v) is 15.0. The number of carbonyl (C=O) groups is 2. The van der Waals surface area contributed by atoms with Gasteiger partial charge in [0.15, 0.2) is 0 Å². The summed E-state index contributed by atoms with van der Waals surface area (Å²) < 4.78 is 6.47. The number of amides is 1. The van der Waals surface area contributed by atoms with Crippen LogP contribution < -0.4 is 0 Å². The molecule has 1 aromatic rings. The second-order valence-corrected chi connectivity index (χ2v) is 7.74. The van der Waals surface area contributed by atoms with E-state index in [2.05, 4.69) is 15.9 Å². The number of ether oxygens (including phenoxy) is 1. The molecule has 1 saturated heterocycles. The smallest absolute Gasteiger partial charge is 0.331 e. The van der Waals surface area contributed by atoms with Gasteiger partial charge in [0.25, 0.3) is 0 Å². The summed E-state index contributed by atoms with van der Waals surface area (Å²) in [6.07, 6.45) is 6.06. The van der Waals surface area contributed by atoms with Gasteiger partial charge in [-0.05, 0) is 40.6 Å². The molecule has 2 rings (SSSR count). The first kappa shape index (κ1) is 17.2. The third-order valence-electron chi connectivity index (χ3n) is 3.52. The average Bonchev–Trinajstić information content (AvgIpc) is 2.92. The molecule has 0 N–H and O–H groups in total. The van der Waals surface area contributed by atoms with Gasteiger partial charge in [0.2, 0.25) is 5.91 Å². The van der Waals surface area contributed by atoms with Crippen LogP contribution in [0.1, 0.15) is 37.5 Å². The first-order chi connectivity index (χ1) is 10.6. The second-order valence-electron chi connectivity index (χ2n) is 5.24. The van der Waals surface area contributed by atoms with Gasteiger partial charge in [-0.25, -0.2) is 4.79 Å². The lowest BCUT2D eigenvalue weighted by molar-refractivity contribution is -0.146. The first-order valence-electron chi connectivity index (χ1n) is 7.50. The fourth-order valence-electron chi connectivity index (χ4n) is 2.37. The first-order valence-corrected chi connectivity index (χ1v) is 9.11. The molecule has 0 aromatic carbocycles. The van der Waals surface area contributed by atoms with Gasteiger partial charge in [-0.3, -0.25) is 4.79 Å². The summed E-state index contributed by atoms with van der Waals surface area (Å²) in [7, 11) is 0. The van der Waals surface area contributed by atoms with Crippen molar-refractivity contribution in [2.45, 2.75) is 38.7 Å². The van der Waals surface area contributed by atoms with Crippen molar-refractivity contribution < 1.29 is 14.3 Å². The highest BCUT2D eigenvalue weighted by Gasteiger charge is 2.24. The maximum absolute atomic E-state index is 11.8. The van der Waals surface area contributed by atoms with Crippen molar-refractivity contribution in [2.75, 3.05) is 13.1 Å². The van der Waals surface area contributed by atoms with E-state index in [4.69, 9.17) is 4.74 Å². The minimum Gasteiger partial charge on any atom is -0.459 e. The lowest BCUT2D eigenvalue weighted by Gasteiger charge is -2.31. The molecule has 0 unspecified atom stereocenters. The van der Waals surface area contributed by atoms with Gasteiger partial charge in [0, 0.05) is 43.3 Å². The van der Waals surface area contributed by atoms with Crippen molar-refractivity contribution in [2.24, 2.45) is 0 Å².